The van der Waals surface area contributed by atoms with Gasteiger partial charge >= 0.3 is 0 Å². The molecule has 0 atom stereocenters. The molecule has 0 spiro atoms. The van der Waals surface area contributed by atoms with Gasteiger partial charge in [0.05, 0.1) is 4.90 Å². The van der Waals surface area contributed by atoms with Crippen molar-refractivity contribution < 1.29 is 8.42 Å². The quantitative estimate of drug-likeness (QED) is 0.834. The SMILES string of the molecule is O=S(=O)(c1cccc(Cl)c1)N1CCC(n2cnnc2C2CC2)CC1. The second kappa shape index (κ2) is 6.13. The second-order valence-corrected chi connectivity index (χ2v) is 8.84. The lowest BCUT2D eigenvalue weighted by atomic mass is 10.1. The van der Waals surface area contributed by atoms with Gasteiger partial charge in [0.25, 0.3) is 0 Å². The summed E-state index contributed by atoms with van der Waals surface area (Å²) in [5.41, 5.74) is 0. The molecule has 1 aromatic heterocycles. The summed E-state index contributed by atoms with van der Waals surface area (Å²) in [6.45, 7) is 1.00. The maximum atomic E-state index is 12.8. The molecule has 1 aliphatic carbocycles. The van der Waals surface area contributed by atoms with Crippen molar-refractivity contribution >= 4 is 21.6 Å². The lowest BCUT2D eigenvalue weighted by Gasteiger charge is -2.32. The molecule has 8 heteroatoms. The number of sulfonamides is 1. The van der Waals surface area contributed by atoms with E-state index in [1.807, 2.05) is 0 Å². The van der Waals surface area contributed by atoms with Gasteiger partial charge in [-0.25, -0.2) is 8.42 Å². The van der Waals surface area contributed by atoms with E-state index >= 15 is 0 Å². The monoisotopic (exact) mass is 366 g/mol. The Morgan fingerprint density at radius 1 is 1.12 bits per heavy atom. The molecule has 128 valence electrons. The van der Waals surface area contributed by atoms with Gasteiger partial charge in [-0.3, -0.25) is 0 Å². The van der Waals surface area contributed by atoms with Crippen LogP contribution in [-0.2, 0) is 10.0 Å². The van der Waals surface area contributed by atoms with Gasteiger partial charge in [-0.15, -0.1) is 10.2 Å². The molecule has 0 unspecified atom stereocenters. The molecule has 2 heterocycles. The van der Waals surface area contributed by atoms with E-state index in [1.165, 1.54) is 18.9 Å². The van der Waals surface area contributed by atoms with Gasteiger partial charge in [0.1, 0.15) is 12.2 Å². The van der Waals surface area contributed by atoms with E-state index in [0.717, 1.165) is 18.7 Å². The molecule has 2 aromatic rings. The molecule has 1 aliphatic heterocycles. The molecular weight excluding hydrogens is 348 g/mol. The third-order valence-electron chi connectivity index (χ3n) is 4.79. The molecule has 0 N–H and O–H groups in total. The van der Waals surface area contributed by atoms with Gasteiger partial charge in [-0.1, -0.05) is 17.7 Å². The van der Waals surface area contributed by atoms with E-state index in [-0.39, 0.29) is 10.9 Å². The van der Waals surface area contributed by atoms with Crippen LogP contribution < -0.4 is 0 Å². The fourth-order valence-electron chi connectivity index (χ4n) is 3.30. The first-order valence-corrected chi connectivity index (χ1v) is 10.0. The van der Waals surface area contributed by atoms with Crippen LogP contribution in [0.1, 0.15) is 43.5 Å². The molecule has 2 aliphatic rings. The zero-order valence-corrected chi connectivity index (χ0v) is 14.7. The number of aromatic nitrogens is 3. The van der Waals surface area contributed by atoms with E-state index in [1.54, 1.807) is 28.8 Å². The van der Waals surface area contributed by atoms with Gasteiger partial charge in [0, 0.05) is 30.1 Å². The summed E-state index contributed by atoms with van der Waals surface area (Å²) >= 11 is 5.93. The number of hydrogen-bond acceptors (Lipinski definition) is 4. The van der Waals surface area contributed by atoms with Crippen LogP contribution in [0, 0.1) is 0 Å². The van der Waals surface area contributed by atoms with Crippen molar-refractivity contribution in [2.75, 3.05) is 13.1 Å². The van der Waals surface area contributed by atoms with Crippen LogP contribution in [0.3, 0.4) is 0 Å². The lowest BCUT2D eigenvalue weighted by molar-refractivity contribution is 0.270. The predicted octanol–water partition coefficient (Wildman–Crippen LogP) is 2.83. The number of benzene rings is 1. The van der Waals surface area contributed by atoms with Gasteiger partial charge in [0.15, 0.2) is 0 Å². The average molecular weight is 367 g/mol. The minimum absolute atomic E-state index is 0.261. The first kappa shape index (κ1) is 16.1. The van der Waals surface area contributed by atoms with E-state index in [2.05, 4.69) is 14.8 Å². The molecule has 0 radical (unpaired) electrons. The Labute approximate surface area is 146 Å². The number of rotatable bonds is 4. The van der Waals surface area contributed by atoms with Crippen LogP contribution in [-0.4, -0.2) is 40.6 Å². The first-order valence-electron chi connectivity index (χ1n) is 8.21. The van der Waals surface area contributed by atoms with Gasteiger partial charge in [-0.05, 0) is 43.9 Å². The maximum Gasteiger partial charge on any atom is 0.243 e. The Balaban J connectivity index is 1.48. The van der Waals surface area contributed by atoms with Crippen LogP contribution in [0.4, 0.5) is 0 Å². The average Bonchev–Trinajstić information content (AvgIpc) is 3.32. The number of piperidine rings is 1. The van der Waals surface area contributed by atoms with Gasteiger partial charge < -0.3 is 4.57 Å². The minimum Gasteiger partial charge on any atom is -0.314 e. The lowest BCUT2D eigenvalue weighted by Crippen LogP contribution is -2.39. The highest BCUT2D eigenvalue weighted by Crippen LogP contribution is 2.40. The Kier molecular flexibility index (Phi) is 4.10. The number of nitrogens with zero attached hydrogens (tertiary/aromatic N) is 4. The molecule has 0 bridgehead atoms. The summed E-state index contributed by atoms with van der Waals surface area (Å²) in [7, 11) is -3.48. The van der Waals surface area contributed by atoms with Crippen molar-refractivity contribution in [1.29, 1.82) is 0 Å². The van der Waals surface area contributed by atoms with Crippen LogP contribution in [0.15, 0.2) is 35.5 Å². The summed E-state index contributed by atoms with van der Waals surface area (Å²) in [4.78, 5) is 0.261. The van der Waals surface area contributed by atoms with Gasteiger partial charge in [-0.2, -0.15) is 4.31 Å². The highest BCUT2D eigenvalue weighted by Gasteiger charge is 2.34. The summed E-state index contributed by atoms with van der Waals surface area (Å²) < 4.78 is 29.2. The predicted molar refractivity (Wildman–Crippen MR) is 90.5 cm³/mol. The first-order chi connectivity index (χ1) is 11.6. The van der Waals surface area contributed by atoms with Crippen molar-refractivity contribution in [3.63, 3.8) is 0 Å². The molecule has 1 saturated carbocycles. The van der Waals surface area contributed by atoms with Crippen molar-refractivity contribution in [3.05, 3.63) is 41.4 Å². The Bertz CT molecular complexity index is 839. The summed E-state index contributed by atoms with van der Waals surface area (Å²) in [5, 5.41) is 8.73. The third-order valence-corrected chi connectivity index (χ3v) is 6.92. The molecule has 1 saturated heterocycles. The molecular formula is C16H19ClN4O2S. The van der Waals surface area contributed by atoms with Crippen LogP contribution in [0.5, 0.6) is 0 Å². The molecule has 1 aromatic carbocycles. The maximum absolute atomic E-state index is 12.8. The standard InChI is InChI=1S/C16H19ClN4O2S/c17-13-2-1-3-15(10-13)24(22,23)20-8-6-14(7-9-20)21-11-18-19-16(21)12-4-5-12/h1-3,10-12,14H,4-9H2. The third kappa shape index (κ3) is 2.96. The molecule has 4 rings (SSSR count). The van der Waals surface area contributed by atoms with E-state index in [0.29, 0.717) is 24.0 Å². The fraction of sp³-hybridized carbons (Fsp3) is 0.500. The molecule has 6 nitrogen and oxygen atoms in total. The van der Waals surface area contributed by atoms with Crippen LogP contribution >= 0.6 is 11.6 Å². The zero-order chi connectivity index (χ0) is 16.7. The Morgan fingerprint density at radius 3 is 2.54 bits per heavy atom. The van der Waals surface area contributed by atoms with Crippen molar-refractivity contribution in [2.45, 2.75) is 42.5 Å². The minimum atomic E-state index is -3.48. The highest BCUT2D eigenvalue weighted by molar-refractivity contribution is 7.89. The molecule has 0 amide bonds. The van der Waals surface area contributed by atoms with Crippen molar-refractivity contribution in [2.24, 2.45) is 0 Å². The highest BCUT2D eigenvalue weighted by atomic mass is 35.5. The Hall–Kier alpha value is -1.44. The molecule has 24 heavy (non-hydrogen) atoms. The largest absolute Gasteiger partial charge is 0.314 e. The second-order valence-electron chi connectivity index (χ2n) is 6.46. The van der Waals surface area contributed by atoms with E-state index in [4.69, 9.17) is 11.6 Å². The summed E-state index contributed by atoms with van der Waals surface area (Å²) in [6.07, 6.45) is 5.70. The van der Waals surface area contributed by atoms with E-state index < -0.39 is 10.0 Å². The number of halogens is 1. The summed E-state index contributed by atoms with van der Waals surface area (Å²) in [5.74, 6) is 1.60. The summed E-state index contributed by atoms with van der Waals surface area (Å²) in [6, 6.07) is 6.73. The smallest absolute Gasteiger partial charge is 0.243 e. The van der Waals surface area contributed by atoms with Crippen LogP contribution in [0.25, 0.3) is 0 Å². The molecule has 2 fully saturated rings. The van der Waals surface area contributed by atoms with Crippen molar-refractivity contribution in [3.8, 4) is 0 Å². The number of hydrogen-bond donors (Lipinski definition) is 0. The zero-order valence-electron chi connectivity index (χ0n) is 13.2. The Morgan fingerprint density at radius 2 is 1.88 bits per heavy atom. The van der Waals surface area contributed by atoms with E-state index in [9.17, 15) is 8.42 Å². The topological polar surface area (TPSA) is 68.1 Å². The fourth-order valence-corrected chi connectivity index (χ4v) is 5.08. The van der Waals surface area contributed by atoms with Crippen molar-refractivity contribution in [1.82, 2.24) is 19.1 Å². The normalized spacial score (nSPS) is 20.4. The van der Waals surface area contributed by atoms with Gasteiger partial charge in [0.2, 0.25) is 10.0 Å². The van der Waals surface area contributed by atoms with Crippen LogP contribution in [0.2, 0.25) is 5.02 Å².